The van der Waals surface area contributed by atoms with Crippen LogP contribution < -0.4 is 10.1 Å². The van der Waals surface area contributed by atoms with Gasteiger partial charge in [0.25, 0.3) is 5.91 Å². The number of anilines is 1. The normalized spacial score (nSPS) is 11.0. The van der Waals surface area contributed by atoms with E-state index in [-0.39, 0.29) is 5.91 Å². The number of amides is 1. The van der Waals surface area contributed by atoms with Crippen molar-refractivity contribution in [1.82, 2.24) is 9.97 Å². The summed E-state index contributed by atoms with van der Waals surface area (Å²) in [6.45, 7) is 0. The van der Waals surface area contributed by atoms with Crippen LogP contribution in [-0.4, -0.2) is 23.0 Å². The number of hydrogen-bond donors (Lipinski definition) is 1. The van der Waals surface area contributed by atoms with Crippen molar-refractivity contribution < 1.29 is 9.53 Å². The number of methoxy groups -OCH3 is 1. The number of aromatic nitrogens is 2. The molecule has 0 atom stereocenters. The number of pyridine rings is 1. The van der Waals surface area contributed by atoms with Crippen molar-refractivity contribution in [2.24, 2.45) is 0 Å². The Morgan fingerprint density at radius 1 is 0.900 bits per heavy atom. The summed E-state index contributed by atoms with van der Waals surface area (Å²) in [6, 6.07) is 24.9. The molecule has 30 heavy (non-hydrogen) atoms. The van der Waals surface area contributed by atoms with Crippen LogP contribution in [0.3, 0.4) is 0 Å². The van der Waals surface area contributed by atoms with Crippen molar-refractivity contribution >= 4 is 44.1 Å². The van der Waals surface area contributed by atoms with Crippen LogP contribution in [0.25, 0.3) is 31.7 Å². The molecule has 0 aliphatic carbocycles. The van der Waals surface area contributed by atoms with E-state index in [4.69, 9.17) is 9.72 Å². The molecule has 6 heteroatoms. The van der Waals surface area contributed by atoms with Gasteiger partial charge in [-0.25, -0.2) is 9.97 Å². The van der Waals surface area contributed by atoms with E-state index in [0.717, 1.165) is 37.4 Å². The van der Waals surface area contributed by atoms with Gasteiger partial charge in [-0.15, -0.1) is 11.3 Å². The molecule has 5 aromatic rings. The number of thiazole rings is 1. The smallest absolute Gasteiger partial charge is 0.274 e. The molecular formula is C24H17N3O2S. The van der Waals surface area contributed by atoms with Gasteiger partial charge >= 0.3 is 0 Å². The lowest BCUT2D eigenvalue weighted by molar-refractivity contribution is 0.102. The third kappa shape index (κ3) is 3.38. The van der Waals surface area contributed by atoms with Gasteiger partial charge in [0, 0.05) is 10.9 Å². The van der Waals surface area contributed by atoms with Crippen LogP contribution in [0.2, 0.25) is 0 Å². The molecule has 2 aromatic heterocycles. The van der Waals surface area contributed by atoms with Gasteiger partial charge in [0.15, 0.2) is 0 Å². The first-order chi connectivity index (χ1) is 14.7. The van der Waals surface area contributed by atoms with Crippen molar-refractivity contribution in [2.45, 2.75) is 0 Å². The average molecular weight is 411 g/mol. The number of para-hydroxylation sites is 2. The van der Waals surface area contributed by atoms with Crippen LogP contribution in [0.15, 0.2) is 78.9 Å². The Morgan fingerprint density at radius 3 is 2.60 bits per heavy atom. The highest BCUT2D eigenvalue weighted by Gasteiger charge is 2.14. The number of ether oxygens (including phenoxy) is 1. The van der Waals surface area contributed by atoms with E-state index in [2.05, 4.69) is 10.3 Å². The molecule has 0 fully saturated rings. The quantitative estimate of drug-likeness (QED) is 0.408. The number of nitrogens with one attached hydrogen (secondary N) is 1. The van der Waals surface area contributed by atoms with Crippen LogP contribution in [0.5, 0.6) is 5.75 Å². The Morgan fingerprint density at radius 2 is 1.73 bits per heavy atom. The molecule has 1 N–H and O–H groups in total. The van der Waals surface area contributed by atoms with E-state index in [1.54, 1.807) is 24.5 Å². The highest BCUT2D eigenvalue weighted by Crippen LogP contribution is 2.34. The molecule has 0 saturated heterocycles. The van der Waals surface area contributed by atoms with Gasteiger partial charge in [-0.2, -0.15) is 0 Å². The first kappa shape index (κ1) is 18.3. The molecule has 0 unspecified atom stereocenters. The van der Waals surface area contributed by atoms with Crippen molar-refractivity contribution in [2.75, 3.05) is 12.4 Å². The Labute approximate surface area is 177 Å². The minimum atomic E-state index is -0.263. The number of carbonyl (C=O) groups excluding carboxylic acids is 1. The number of nitrogens with zero attached hydrogens (tertiary/aromatic N) is 2. The summed E-state index contributed by atoms with van der Waals surface area (Å²) in [7, 11) is 1.62. The van der Waals surface area contributed by atoms with Gasteiger partial charge in [0.1, 0.15) is 16.5 Å². The van der Waals surface area contributed by atoms with Gasteiger partial charge < -0.3 is 10.1 Å². The highest BCUT2D eigenvalue weighted by atomic mass is 32.1. The van der Waals surface area contributed by atoms with E-state index in [1.165, 1.54) is 0 Å². The summed E-state index contributed by atoms with van der Waals surface area (Å²) >= 11 is 1.60. The highest BCUT2D eigenvalue weighted by molar-refractivity contribution is 7.21. The summed E-state index contributed by atoms with van der Waals surface area (Å²) in [5.41, 5.74) is 3.63. The summed E-state index contributed by atoms with van der Waals surface area (Å²) in [5.74, 6) is 0.493. The molecule has 0 spiro atoms. The second-order valence-electron chi connectivity index (χ2n) is 6.74. The first-order valence-corrected chi connectivity index (χ1v) is 10.2. The first-order valence-electron chi connectivity index (χ1n) is 9.42. The van der Waals surface area contributed by atoms with Gasteiger partial charge in [-0.1, -0.05) is 30.3 Å². The molecule has 0 aliphatic rings. The topological polar surface area (TPSA) is 64.1 Å². The fraction of sp³-hybridized carbons (Fsp3) is 0.0417. The molecule has 0 aliphatic heterocycles. The standard InChI is InChI=1S/C24H17N3O2S/c1-29-16-11-13-18-15(14-16)10-12-21(25-18)23(28)26-19-7-3-2-6-17(19)24-27-20-8-4-5-9-22(20)30-24/h2-14H,1H3,(H,26,28). The monoisotopic (exact) mass is 411 g/mol. The second kappa shape index (κ2) is 7.57. The predicted octanol–water partition coefficient (Wildman–Crippen LogP) is 5.77. The van der Waals surface area contributed by atoms with Crippen LogP contribution in [-0.2, 0) is 0 Å². The fourth-order valence-electron chi connectivity index (χ4n) is 3.31. The minimum absolute atomic E-state index is 0.263. The Hall–Kier alpha value is -3.77. The maximum Gasteiger partial charge on any atom is 0.274 e. The largest absolute Gasteiger partial charge is 0.497 e. The van der Waals surface area contributed by atoms with Crippen molar-refractivity contribution in [3.63, 3.8) is 0 Å². The number of carbonyl (C=O) groups is 1. The predicted molar refractivity (Wildman–Crippen MR) is 121 cm³/mol. The van der Waals surface area contributed by atoms with E-state index >= 15 is 0 Å². The summed E-state index contributed by atoms with van der Waals surface area (Å²) < 4.78 is 6.36. The van der Waals surface area contributed by atoms with Crippen molar-refractivity contribution in [3.05, 3.63) is 84.6 Å². The van der Waals surface area contributed by atoms with E-state index in [1.807, 2.05) is 72.8 Å². The third-order valence-electron chi connectivity index (χ3n) is 4.83. The second-order valence-corrected chi connectivity index (χ2v) is 7.77. The van der Waals surface area contributed by atoms with Gasteiger partial charge in [-0.3, -0.25) is 4.79 Å². The Bertz CT molecular complexity index is 1360. The zero-order valence-electron chi connectivity index (χ0n) is 16.1. The molecule has 0 bridgehead atoms. The van der Waals surface area contributed by atoms with Gasteiger partial charge in [0.2, 0.25) is 0 Å². The van der Waals surface area contributed by atoms with Crippen molar-refractivity contribution in [1.29, 1.82) is 0 Å². The molecule has 1 amide bonds. The average Bonchev–Trinajstić information content (AvgIpc) is 3.22. The van der Waals surface area contributed by atoms with Crippen LogP contribution in [0, 0.1) is 0 Å². The molecule has 0 radical (unpaired) electrons. The lowest BCUT2D eigenvalue weighted by Crippen LogP contribution is -2.14. The minimum Gasteiger partial charge on any atom is -0.497 e. The van der Waals surface area contributed by atoms with Crippen molar-refractivity contribution in [3.8, 4) is 16.3 Å². The van der Waals surface area contributed by atoms with Gasteiger partial charge in [0.05, 0.1) is 28.5 Å². The third-order valence-corrected chi connectivity index (χ3v) is 5.90. The number of hydrogen-bond acceptors (Lipinski definition) is 5. The van der Waals surface area contributed by atoms with Crippen LogP contribution in [0.1, 0.15) is 10.5 Å². The molecule has 5 rings (SSSR count). The van der Waals surface area contributed by atoms with E-state index in [0.29, 0.717) is 11.4 Å². The number of fused-ring (bicyclic) bond motifs is 2. The molecule has 2 heterocycles. The SMILES string of the molecule is COc1ccc2nc(C(=O)Nc3ccccc3-c3nc4ccccc4s3)ccc2c1. The number of benzene rings is 3. The fourth-order valence-corrected chi connectivity index (χ4v) is 4.31. The van der Waals surface area contributed by atoms with Crippen LogP contribution in [0.4, 0.5) is 5.69 Å². The Balaban J connectivity index is 1.47. The maximum absolute atomic E-state index is 12.9. The number of rotatable bonds is 4. The van der Waals surface area contributed by atoms with E-state index < -0.39 is 0 Å². The zero-order chi connectivity index (χ0) is 20.5. The van der Waals surface area contributed by atoms with Gasteiger partial charge in [-0.05, 0) is 48.5 Å². The molecule has 3 aromatic carbocycles. The van der Waals surface area contributed by atoms with Crippen LogP contribution >= 0.6 is 11.3 Å². The lowest BCUT2D eigenvalue weighted by Gasteiger charge is -2.10. The summed E-state index contributed by atoms with van der Waals surface area (Å²) in [5, 5.41) is 4.78. The maximum atomic E-state index is 12.9. The molecule has 5 nitrogen and oxygen atoms in total. The zero-order valence-corrected chi connectivity index (χ0v) is 16.9. The lowest BCUT2D eigenvalue weighted by atomic mass is 10.1. The summed E-state index contributed by atoms with van der Waals surface area (Å²) in [4.78, 5) is 22.1. The summed E-state index contributed by atoms with van der Waals surface area (Å²) in [6.07, 6.45) is 0. The molecule has 0 saturated carbocycles. The molecular weight excluding hydrogens is 394 g/mol. The molecule has 146 valence electrons. The Kier molecular flexibility index (Phi) is 4.61. The van der Waals surface area contributed by atoms with E-state index in [9.17, 15) is 4.79 Å².